The standard InChI is InChI=1S/C22H24N3O4P/c1-15(25(2)30(27,28)29)16-8-10-18(11-9-16)22(26)24-21-14-19(12-13-20(21)23)17-6-4-3-5-7-17/h3-15H,23H2,1-2H3,(H,24,26)(H2,27,28,29). The Balaban J connectivity index is 1.77. The fourth-order valence-electron chi connectivity index (χ4n) is 3.02. The minimum absolute atomic E-state index is 0.325. The molecule has 1 atom stereocenters. The molecule has 0 aliphatic heterocycles. The van der Waals surface area contributed by atoms with Gasteiger partial charge in [-0.25, -0.2) is 9.24 Å². The molecule has 1 unspecified atom stereocenters. The number of nitrogens with two attached hydrogens (primary N) is 1. The molecule has 156 valence electrons. The second kappa shape index (κ2) is 8.81. The fourth-order valence-corrected chi connectivity index (χ4v) is 3.61. The van der Waals surface area contributed by atoms with E-state index >= 15 is 0 Å². The first-order chi connectivity index (χ1) is 14.2. The summed E-state index contributed by atoms with van der Waals surface area (Å²) < 4.78 is 12.4. The van der Waals surface area contributed by atoms with Crippen molar-refractivity contribution in [3.8, 4) is 11.1 Å². The molecule has 0 saturated heterocycles. The maximum Gasteiger partial charge on any atom is 0.403 e. The van der Waals surface area contributed by atoms with Gasteiger partial charge in [-0.1, -0.05) is 48.5 Å². The van der Waals surface area contributed by atoms with Crippen LogP contribution in [0.3, 0.4) is 0 Å². The first-order valence-corrected chi connectivity index (χ1v) is 10.9. The molecule has 30 heavy (non-hydrogen) atoms. The molecule has 0 aliphatic carbocycles. The molecule has 7 nitrogen and oxygen atoms in total. The zero-order valence-electron chi connectivity index (χ0n) is 16.7. The minimum atomic E-state index is -4.35. The molecular formula is C22H24N3O4P. The van der Waals surface area contributed by atoms with E-state index in [-0.39, 0.29) is 5.91 Å². The molecule has 3 aromatic carbocycles. The Hall–Kier alpha value is -2.96. The second-order valence-electron chi connectivity index (χ2n) is 7.01. The molecule has 0 radical (unpaired) electrons. The summed E-state index contributed by atoms with van der Waals surface area (Å²) in [7, 11) is -3.00. The van der Waals surface area contributed by atoms with Gasteiger partial charge in [0.1, 0.15) is 0 Å². The molecule has 3 aromatic rings. The van der Waals surface area contributed by atoms with Crippen LogP contribution in [0.25, 0.3) is 11.1 Å². The molecule has 1 amide bonds. The summed E-state index contributed by atoms with van der Waals surface area (Å²) in [6.07, 6.45) is 0. The van der Waals surface area contributed by atoms with Crippen LogP contribution in [0.15, 0.2) is 72.8 Å². The fraction of sp³-hybridized carbons (Fsp3) is 0.136. The molecule has 0 saturated carbocycles. The van der Waals surface area contributed by atoms with E-state index in [1.54, 1.807) is 37.3 Å². The first kappa shape index (κ1) is 21.7. The van der Waals surface area contributed by atoms with Crippen molar-refractivity contribution in [1.29, 1.82) is 0 Å². The molecule has 0 aromatic heterocycles. The number of amides is 1. The Kier molecular flexibility index (Phi) is 6.39. The van der Waals surface area contributed by atoms with Crippen molar-refractivity contribution in [1.82, 2.24) is 4.67 Å². The Labute approximate surface area is 175 Å². The van der Waals surface area contributed by atoms with E-state index in [1.807, 2.05) is 42.5 Å². The van der Waals surface area contributed by atoms with Crippen LogP contribution < -0.4 is 11.1 Å². The summed E-state index contributed by atoms with van der Waals surface area (Å²) in [4.78, 5) is 31.3. The third kappa shape index (κ3) is 4.96. The Bertz CT molecular complexity index is 1080. The van der Waals surface area contributed by atoms with Crippen molar-refractivity contribution < 1.29 is 19.1 Å². The highest BCUT2D eigenvalue weighted by Crippen LogP contribution is 2.44. The number of anilines is 2. The predicted molar refractivity (Wildman–Crippen MR) is 119 cm³/mol. The molecule has 3 rings (SSSR count). The Morgan fingerprint density at radius 1 is 1.00 bits per heavy atom. The van der Waals surface area contributed by atoms with E-state index in [0.29, 0.717) is 22.5 Å². The van der Waals surface area contributed by atoms with E-state index in [2.05, 4.69) is 5.32 Å². The van der Waals surface area contributed by atoms with E-state index in [1.165, 1.54) is 7.05 Å². The highest BCUT2D eigenvalue weighted by molar-refractivity contribution is 7.49. The monoisotopic (exact) mass is 425 g/mol. The maximum atomic E-state index is 12.7. The van der Waals surface area contributed by atoms with E-state index in [0.717, 1.165) is 15.8 Å². The van der Waals surface area contributed by atoms with Gasteiger partial charge in [0.2, 0.25) is 0 Å². The van der Waals surface area contributed by atoms with Crippen molar-refractivity contribution in [3.63, 3.8) is 0 Å². The summed E-state index contributed by atoms with van der Waals surface area (Å²) in [5.74, 6) is -0.325. The quantitative estimate of drug-likeness (QED) is 0.346. The lowest BCUT2D eigenvalue weighted by Gasteiger charge is -2.25. The van der Waals surface area contributed by atoms with Crippen LogP contribution in [0.1, 0.15) is 28.9 Å². The van der Waals surface area contributed by atoms with Crippen molar-refractivity contribution >= 4 is 25.0 Å². The third-order valence-electron chi connectivity index (χ3n) is 5.04. The van der Waals surface area contributed by atoms with Gasteiger partial charge in [0.25, 0.3) is 5.91 Å². The van der Waals surface area contributed by atoms with Crippen LogP contribution >= 0.6 is 7.75 Å². The lowest BCUT2D eigenvalue weighted by molar-refractivity contribution is 0.102. The van der Waals surface area contributed by atoms with Crippen LogP contribution in [-0.4, -0.2) is 27.4 Å². The Morgan fingerprint density at radius 3 is 2.23 bits per heavy atom. The van der Waals surface area contributed by atoms with Gasteiger partial charge >= 0.3 is 7.75 Å². The van der Waals surface area contributed by atoms with Gasteiger partial charge in [-0.2, -0.15) is 0 Å². The van der Waals surface area contributed by atoms with Crippen LogP contribution in [0.2, 0.25) is 0 Å². The van der Waals surface area contributed by atoms with Crippen molar-refractivity contribution in [2.45, 2.75) is 13.0 Å². The van der Waals surface area contributed by atoms with Crippen LogP contribution in [0.5, 0.6) is 0 Å². The number of nitrogens with zero attached hydrogens (tertiary/aromatic N) is 1. The van der Waals surface area contributed by atoms with E-state index in [4.69, 9.17) is 5.73 Å². The molecule has 0 fully saturated rings. The molecule has 0 aliphatic rings. The normalized spacial score (nSPS) is 12.6. The minimum Gasteiger partial charge on any atom is -0.397 e. The molecule has 8 heteroatoms. The summed E-state index contributed by atoms with van der Waals surface area (Å²) in [6, 6.07) is 21.3. The average Bonchev–Trinajstić information content (AvgIpc) is 2.74. The van der Waals surface area contributed by atoms with Gasteiger partial charge in [-0.3, -0.25) is 4.79 Å². The topological polar surface area (TPSA) is 116 Å². The smallest absolute Gasteiger partial charge is 0.397 e. The van der Waals surface area contributed by atoms with Crippen LogP contribution in [-0.2, 0) is 4.57 Å². The zero-order valence-corrected chi connectivity index (χ0v) is 17.6. The van der Waals surface area contributed by atoms with Gasteiger partial charge < -0.3 is 20.8 Å². The van der Waals surface area contributed by atoms with Crippen LogP contribution in [0.4, 0.5) is 11.4 Å². The molecule has 0 bridgehead atoms. The summed E-state index contributed by atoms with van der Waals surface area (Å²) in [6.45, 7) is 1.68. The molecule has 0 spiro atoms. The highest BCUT2D eigenvalue weighted by Gasteiger charge is 2.27. The van der Waals surface area contributed by atoms with Crippen molar-refractivity contribution in [2.24, 2.45) is 0 Å². The zero-order chi connectivity index (χ0) is 21.9. The Morgan fingerprint density at radius 2 is 1.63 bits per heavy atom. The number of hydrogen-bond acceptors (Lipinski definition) is 3. The molecule has 5 N–H and O–H groups in total. The SMILES string of the molecule is CC(c1ccc(C(=O)Nc2cc(-c3ccccc3)ccc2N)cc1)N(C)P(=O)(O)O. The lowest BCUT2D eigenvalue weighted by Crippen LogP contribution is -2.19. The highest BCUT2D eigenvalue weighted by atomic mass is 31.2. The third-order valence-corrected chi connectivity index (χ3v) is 6.20. The summed E-state index contributed by atoms with van der Waals surface area (Å²) in [5.41, 5.74) is 10.1. The van der Waals surface area contributed by atoms with Gasteiger partial charge in [0, 0.05) is 11.6 Å². The number of carbonyl (C=O) groups excluding carboxylic acids is 1. The number of hydrogen-bond donors (Lipinski definition) is 4. The second-order valence-corrected chi connectivity index (χ2v) is 8.66. The molecule has 0 heterocycles. The van der Waals surface area contributed by atoms with Gasteiger partial charge in [0.15, 0.2) is 0 Å². The summed E-state index contributed by atoms with van der Waals surface area (Å²) in [5, 5.41) is 2.83. The maximum absolute atomic E-state index is 12.7. The lowest BCUT2D eigenvalue weighted by atomic mass is 10.0. The first-order valence-electron chi connectivity index (χ1n) is 9.32. The van der Waals surface area contributed by atoms with Crippen molar-refractivity contribution in [2.75, 3.05) is 18.1 Å². The number of benzene rings is 3. The average molecular weight is 425 g/mol. The van der Waals surface area contributed by atoms with Gasteiger partial charge in [0.05, 0.1) is 11.4 Å². The number of carbonyl (C=O) groups is 1. The molecular weight excluding hydrogens is 401 g/mol. The largest absolute Gasteiger partial charge is 0.403 e. The van der Waals surface area contributed by atoms with Crippen molar-refractivity contribution in [3.05, 3.63) is 83.9 Å². The van der Waals surface area contributed by atoms with Crippen LogP contribution in [0, 0.1) is 0 Å². The number of rotatable bonds is 6. The summed E-state index contributed by atoms with van der Waals surface area (Å²) >= 11 is 0. The predicted octanol–water partition coefficient (Wildman–Crippen LogP) is 4.27. The van der Waals surface area contributed by atoms with E-state index in [9.17, 15) is 19.1 Å². The van der Waals surface area contributed by atoms with E-state index < -0.39 is 13.8 Å². The van der Waals surface area contributed by atoms with Gasteiger partial charge in [-0.05, 0) is 54.9 Å². The van der Waals surface area contributed by atoms with Gasteiger partial charge in [-0.15, -0.1) is 0 Å². The number of nitrogens with one attached hydrogen (secondary N) is 1. The number of nitrogen functional groups attached to an aromatic ring is 1.